The number of nitrogens with zero attached hydrogens (tertiary/aromatic N) is 6. The molecule has 0 aliphatic heterocycles. The predicted octanol–water partition coefficient (Wildman–Crippen LogP) is -0.184. The summed E-state index contributed by atoms with van der Waals surface area (Å²) < 4.78 is 7.00. The van der Waals surface area contributed by atoms with Crippen molar-refractivity contribution in [3.8, 4) is 5.95 Å². The van der Waals surface area contributed by atoms with E-state index in [-0.39, 0.29) is 0 Å². The van der Waals surface area contributed by atoms with Crippen LogP contribution in [-0.2, 0) is 4.74 Å². The van der Waals surface area contributed by atoms with Crippen molar-refractivity contribution in [3.05, 3.63) is 18.7 Å². The normalized spacial score (nSPS) is 10.6. The third-order valence-corrected chi connectivity index (χ3v) is 2.59. The van der Waals surface area contributed by atoms with Gasteiger partial charge < -0.3 is 9.64 Å². The Balaban J connectivity index is 2.22. The van der Waals surface area contributed by atoms with Crippen LogP contribution < -0.4 is 16.2 Å². The molecule has 9 nitrogen and oxygen atoms in total. The Morgan fingerprint density at radius 2 is 2.25 bits per heavy atom. The molecule has 2 aromatic heterocycles. The second-order valence-corrected chi connectivity index (χ2v) is 3.99. The Hall–Kier alpha value is -2.26. The molecule has 0 amide bonds. The molecule has 0 saturated carbocycles. The summed E-state index contributed by atoms with van der Waals surface area (Å²) in [5, 5.41) is 0. The molecule has 9 heteroatoms. The number of ether oxygens (including phenoxy) is 1. The zero-order valence-corrected chi connectivity index (χ0v) is 11.5. The van der Waals surface area contributed by atoms with Gasteiger partial charge in [0.25, 0.3) is 0 Å². The van der Waals surface area contributed by atoms with Gasteiger partial charge in [-0.25, -0.2) is 10.8 Å². The van der Waals surface area contributed by atoms with Crippen molar-refractivity contribution in [2.75, 3.05) is 37.1 Å². The van der Waals surface area contributed by atoms with Crippen LogP contribution in [0.1, 0.15) is 6.92 Å². The van der Waals surface area contributed by atoms with Crippen LogP contribution in [-0.4, -0.2) is 51.3 Å². The number of hydrazine groups is 1. The average Bonchev–Trinajstić information content (AvgIpc) is 3.01. The summed E-state index contributed by atoms with van der Waals surface area (Å²) in [6, 6.07) is 0. The number of imidazole rings is 1. The van der Waals surface area contributed by atoms with E-state index in [9.17, 15) is 0 Å². The largest absolute Gasteiger partial charge is 0.380 e. The summed E-state index contributed by atoms with van der Waals surface area (Å²) in [7, 11) is 1.88. The minimum Gasteiger partial charge on any atom is -0.380 e. The van der Waals surface area contributed by atoms with Crippen molar-refractivity contribution in [2.24, 2.45) is 5.84 Å². The molecule has 0 aromatic carbocycles. The van der Waals surface area contributed by atoms with Crippen LogP contribution in [0.15, 0.2) is 18.7 Å². The highest BCUT2D eigenvalue weighted by Crippen LogP contribution is 2.11. The molecular formula is C11H18N8O. The second kappa shape index (κ2) is 6.78. The Morgan fingerprint density at radius 1 is 1.40 bits per heavy atom. The summed E-state index contributed by atoms with van der Waals surface area (Å²) in [4.78, 5) is 18.6. The van der Waals surface area contributed by atoms with Crippen LogP contribution in [0.4, 0.5) is 11.9 Å². The maximum Gasteiger partial charge on any atom is 0.243 e. The molecule has 0 bridgehead atoms. The monoisotopic (exact) mass is 278 g/mol. The van der Waals surface area contributed by atoms with Gasteiger partial charge in [0.15, 0.2) is 0 Å². The Labute approximate surface area is 116 Å². The maximum absolute atomic E-state index is 5.39. The van der Waals surface area contributed by atoms with Gasteiger partial charge >= 0.3 is 0 Å². The molecule has 0 aliphatic rings. The molecule has 2 heterocycles. The molecule has 0 radical (unpaired) electrons. The van der Waals surface area contributed by atoms with E-state index in [1.54, 1.807) is 23.3 Å². The first-order valence-electron chi connectivity index (χ1n) is 6.24. The molecule has 2 rings (SSSR count). The van der Waals surface area contributed by atoms with Crippen molar-refractivity contribution < 1.29 is 4.74 Å². The lowest BCUT2D eigenvalue weighted by Gasteiger charge is -2.17. The van der Waals surface area contributed by atoms with Crippen LogP contribution >= 0.6 is 0 Å². The summed E-state index contributed by atoms with van der Waals surface area (Å²) in [6.07, 6.45) is 5.01. The number of hydrogen-bond acceptors (Lipinski definition) is 8. The number of aromatic nitrogens is 5. The van der Waals surface area contributed by atoms with E-state index in [2.05, 4.69) is 25.4 Å². The van der Waals surface area contributed by atoms with E-state index in [0.29, 0.717) is 37.6 Å². The maximum atomic E-state index is 5.39. The van der Waals surface area contributed by atoms with Crippen molar-refractivity contribution in [2.45, 2.75) is 6.92 Å². The summed E-state index contributed by atoms with van der Waals surface area (Å²) in [5.41, 5.74) is 2.44. The van der Waals surface area contributed by atoms with Crippen molar-refractivity contribution in [1.29, 1.82) is 0 Å². The summed E-state index contributed by atoms with van der Waals surface area (Å²) in [5.74, 6) is 6.64. The lowest BCUT2D eigenvalue weighted by atomic mass is 10.6. The van der Waals surface area contributed by atoms with E-state index in [0.717, 1.165) is 0 Å². The van der Waals surface area contributed by atoms with Gasteiger partial charge in [-0.2, -0.15) is 15.0 Å². The van der Waals surface area contributed by atoms with E-state index in [1.165, 1.54) is 0 Å². The van der Waals surface area contributed by atoms with Gasteiger partial charge in [0.1, 0.15) is 6.33 Å². The fraction of sp³-hybridized carbons (Fsp3) is 0.455. The van der Waals surface area contributed by atoms with Gasteiger partial charge in [-0.15, -0.1) is 0 Å². The first kappa shape index (κ1) is 14.2. The highest BCUT2D eigenvalue weighted by molar-refractivity contribution is 5.38. The number of likely N-dealkylation sites (N-methyl/N-ethyl adjacent to an activating group) is 1. The number of nitrogens with two attached hydrogens (primary N) is 1. The van der Waals surface area contributed by atoms with Gasteiger partial charge in [0.2, 0.25) is 17.8 Å². The molecule has 3 N–H and O–H groups in total. The molecule has 0 atom stereocenters. The average molecular weight is 278 g/mol. The van der Waals surface area contributed by atoms with Crippen molar-refractivity contribution in [3.63, 3.8) is 0 Å². The number of hydrogen-bond donors (Lipinski definition) is 2. The SMILES string of the molecule is CCOCCN(C)c1nc(NN)nc(-n2ccnc2)n1. The van der Waals surface area contributed by atoms with Crippen LogP contribution in [0, 0.1) is 0 Å². The van der Waals surface area contributed by atoms with Gasteiger partial charge in [0, 0.05) is 32.6 Å². The van der Waals surface area contributed by atoms with Crippen molar-refractivity contribution in [1.82, 2.24) is 24.5 Å². The molecule has 108 valence electrons. The highest BCUT2D eigenvalue weighted by atomic mass is 16.5. The lowest BCUT2D eigenvalue weighted by Crippen LogP contribution is -2.26. The van der Waals surface area contributed by atoms with Crippen LogP contribution in [0.2, 0.25) is 0 Å². The third kappa shape index (κ3) is 3.39. The van der Waals surface area contributed by atoms with Gasteiger partial charge in [-0.05, 0) is 6.92 Å². The Bertz CT molecular complexity index is 529. The zero-order valence-electron chi connectivity index (χ0n) is 11.5. The minimum absolute atomic E-state index is 0.293. The molecule has 0 unspecified atom stereocenters. The zero-order chi connectivity index (χ0) is 14.4. The Kier molecular flexibility index (Phi) is 4.80. The fourth-order valence-electron chi connectivity index (χ4n) is 1.53. The van der Waals surface area contributed by atoms with Gasteiger partial charge in [-0.3, -0.25) is 9.99 Å². The van der Waals surface area contributed by atoms with E-state index in [4.69, 9.17) is 10.6 Å². The fourth-order valence-corrected chi connectivity index (χ4v) is 1.53. The number of nitrogens with one attached hydrogen (secondary N) is 1. The van der Waals surface area contributed by atoms with Crippen LogP contribution in [0.5, 0.6) is 0 Å². The molecule has 2 aromatic rings. The lowest BCUT2D eigenvalue weighted by molar-refractivity contribution is 0.154. The molecule has 20 heavy (non-hydrogen) atoms. The molecule has 0 fully saturated rings. The van der Waals surface area contributed by atoms with Crippen LogP contribution in [0.3, 0.4) is 0 Å². The van der Waals surface area contributed by atoms with Gasteiger partial charge in [-0.1, -0.05) is 0 Å². The van der Waals surface area contributed by atoms with E-state index < -0.39 is 0 Å². The van der Waals surface area contributed by atoms with Crippen LogP contribution in [0.25, 0.3) is 5.95 Å². The van der Waals surface area contributed by atoms with E-state index in [1.807, 2.05) is 18.9 Å². The Morgan fingerprint density at radius 3 is 2.90 bits per heavy atom. The first-order chi connectivity index (χ1) is 9.74. The summed E-state index contributed by atoms with van der Waals surface area (Å²) in [6.45, 7) is 3.91. The smallest absolute Gasteiger partial charge is 0.243 e. The predicted molar refractivity (Wildman–Crippen MR) is 74.5 cm³/mol. The molecule has 0 saturated heterocycles. The topological polar surface area (TPSA) is 107 Å². The number of anilines is 2. The quantitative estimate of drug-likeness (QED) is 0.408. The molecular weight excluding hydrogens is 260 g/mol. The molecule has 0 spiro atoms. The number of rotatable bonds is 7. The number of nitrogen functional groups attached to an aromatic ring is 1. The second-order valence-electron chi connectivity index (χ2n) is 3.99. The van der Waals surface area contributed by atoms with Gasteiger partial charge in [0.05, 0.1) is 6.61 Å². The summed E-state index contributed by atoms with van der Waals surface area (Å²) >= 11 is 0. The van der Waals surface area contributed by atoms with E-state index >= 15 is 0 Å². The standard InChI is InChI=1S/C11H18N8O/c1-3-20-7-6-18(2)10-14-9(17-12)15-11(16-10)19-5-4-13-8-19/h4-5,8H,3,6-7,12H2,1-2H3,(H,14,15,16,17). The highest BCUT2D eigenvalue weighted by Gasteiger charge is 2.11. The van der Waals surface area contributed by atoms with Crippen molar-refractivity contribution >= 4 is 11.9 Å². The molecule has 0 aliphatic carbocycles. The third-order valence-electron chi connectivity index (χ3n) is 2.59. The first-order valence-corrected chi connectivity index (χ1v) is 6.24. The minimum atomic E-state index is 0.293.